The van der Waals surface area contributed by atoms with Crippen LogP contribution in [0.2, 0.25) is 0 Å². The smallest absolute Gasteiger partial charge is 0.407 e. The number of rotatable bonds is 13. The van der Waals surface area contributed by atoms with Crippen LogP contribution in [0, 0.1) is 0 Å². The second kappa shape index (κ2) is 14.7. The van der Waals surface area contributed by atoms with Crippen LogP contribution in [0.3, 0.4) is 0 Å². The number of amides is 1. The fourth-order valence-corrected chi connectivity index (χ4v) is 1.95. The van der Waals surface area contributed by atoms with Crippen LogP contribution in [-0.4, -0.2) is 31.3 Å². The van der Waals surface area contributed by atoms with Crippen LogP contribution < -0.4 is 5.32 Å². The van der Waals surface area contributed by atoms with Crippen LogP contribution >= 0.6 is 0 Å². The van der Waals surface area contributed by atoms with E-state index < -0.39 is 12.1 Å². The Hall–Kier alpha value is -1.26. The van der Waals surface area contributed by atoms with Gasteiger partial charge in [-0.05, 0) is 19.3 Å². The van der Waals surface area contributed by atoms with Crippen molar-refractivity contribution < 1.29 is 19.1 Å². The number of hydrogen-bond acceptors (Lipinski definition) is 4. The Morgan fingerprint density at radius 2 is 1.45 bits per heavy atom. The normalized spacial score (nSPS) is 11.8. The summed E-state index contributed by atoms with van der Waals surface area (Å²) in [5, 5.41) is 2.63. The molecule has 0 aliphatic heterocycles. The Morgan fingerprint density at radius 3 is 2.09 bits per heavy atom. The summed E-state index contributed by atoms with van der Waals surface area (Å²) in [4.78, 5) is 23.7. The van der Waals surface area contributed by atoms with Crippen molar-refractivity contribution in [3.05, 3.63) is 0 Å². The number of carbonyl (C=O) groups excluding carboxylic acids is 2. The molecular weight excluding hydrogens is 282 g/mol. The zero-order valence-electron chi connectivity index (χ0n) is 14.5. The summed E-state index contributed by atoms with van der Waals surface area (Å²) in [7, 11) is 0. The number of hydrogen-bond donors (Lipinski definition) is 1. The Balaban J connectivity index is 4.12. The van der Waals surface area contributed by atoms with E-state index in [2.05, 4.69) is 12.2 Å². The molecule has 0 aliphatic rings. The molecule has 0 rings (SSSR count). The van der Waals surface area contributed by atoms with E-state index in [1.54, 1.807) is 0 Å². The fraction of sp³-hybridized carbons (Fsp3) is 0.882. The first-order valence-electron chi connectivity index (χ1n) is 8.75. The van der Waals surface area contributed by atoms with Gasteiger partial charge < -0.3 is 14.8 Å². The van der Waals surface area contributed by atoms with E-state index in [4.69, 9.17) is 9.47 Å². The van der Waals surface area contributed by atoms with Gasteiger partial charge in [-0.15, -0.1) is 0 Å². The summed E-state index contributed by atoms with van der Waals surface area (Å²) in [6.45, 7) is 7.03. The zero-order valence-corrected chi connectivity index (χ0v) is 14.5. The standard InChI is InChI=1S/C17H33NO4/c1-4-7-10-11-14-21-16(19)15(12-8-5-2)18-17(20)22-13-9-6-3/h15H,4-14H2,1-3H3,(H,18,20). The summed E-state index contributed by atoms with van der Waals surface area (Å²) < 4.78 is 10.3. The number of nitrogens with one attached hydrogen (secondary N) is 1. The molecule has 1 amide bonds. The molecule has 1 unspecified atom stereocenters. The summed E-state index contributed by atoms with van der Waals surface area (Å²) >= 11 is 0. The molecule has 0 fully saturated rings. The van der Waals surface area contributed by atoms with Crippen molar-refractivity contribution >= 4 is 12.1 Å². The summed E-state index contributed by atoms with van der Waals surface area (Å²) in [6.07, 6.45) is 7.93. The second-order valence-corrected chi connectivity index (χ2v) is 5.56. The van der Waals surface area contributed by atoms with Crippen molar-refractivity contribution in [3.8, 4) is 0 Å². The molecular formula is C17H33NO4. The van der Waals surface area contributed by atoms with Crippen LogP contribution in [0.1, 0.15) is 78.6 Å². The van der Waals surface area contributed by atoms with Gasteiger partial charge in [0, 0.05) is 0 Å². The maximum absolute atomic E-state index is 12.1. The number of carbonyl (C=O) groups is 2. The van der Waals surface area contributed by atoms with Crippen LogP contribution in [-0.2, 0) is 14.3 Å². The predicted octanol–water partition coefficient (Wildman–Crippen LogP) is 4.20. The number of alkyl carbamates (subject to hydrolysis) is 1. The Kier molecular flexibility index (Phi) is 13.8. The molecule has 0 heterocycles. The van der Waals surface area contributed by atoms with Gasteiger partial charge in [0.25, 0.3) is 0 Å². The zero-order chi connectivity index (χ0) is 16.6. The highest BCUT2D eigenvalue weighted by Gasteiger charge is 2.22. The Bertz CT molecular complexity index is 294. The molecule has 0 aromatic carbocycles. The minimum absolute atomic E-state index is 0.350. The van der Waals surface area contributed by atoms with Crippen LogP contribution in [0.15, 0.2) is 0 Å². The average molecular weight is 315 g/mol. The molecule has 0 aromatic heterocycles. The highest BCUT2D eigenvalue weighted by atomic mass is 16.6. The van der Waals surface area contributed by atoms with Gasteiger partial charge >= 0.3 is 12.1 Å². The summed E-state index contributed by atoms with van der Waals surface area (Å²) in [5.41, 5.74) is 0. The number of esters is 1. The van der Waals surface area contributed by atoms with E-state index in [1.165, 1.54) is 0 Å². The topological polar surface area (TPSA) is 64.6 Å². The molecule has 22 heavy (non-hydrogen) atoms. The number of unbranched alkanes of at least 4 members (excludes halogenated alkanes) is 5. The van der Waals surface area contributed by atoms with Crippen molar-refractivity contribution in [1.82, 2.24) is 5.32 Å². The number of ether oxygens (including phenoxy) is 2. The monoisotopic (exact) mass is 315 g/mol. The predicted molar refractivity (Wildman–Crippen MR) is 87.8 cm³/mol. The van der Waals surface area contributed by atoms with Gasteiger partial charge in [-0.25, -0.2) is 9.59 Å². The third-order valence-corrected chi connectivity index (χ3v) is 3.40. The lowest BCUT2D eigenvalue weighted by atomic mass is 10.1. The third kappa shape index (κ3) is 11.4. The minimum atomic E-state index is -0.597. The van der Waals surface area contributed by atoms with Crippen molar-refractivity contribution in [2.24, 2.45) is 0 Å². The molecule has 1 atom stereocenters. The van der Waals surface area contributed by atoms with Gasteiger partial charge in [0.15, 0.2) is 0 Å². The van der Waals surface area contributed by atoms with E-state index >= 15 is 0 Å². The molecule has 0 spiro atoms. The van der Waals surface area contributed by atoms with E-state index in [0.717, 1.165) is 51.4 Å². The van der Waals surface area contributed by atoms with Gasteiger partial charge in [0.05, 0.1) is 13.2 Å². The highest BCUT2D eigenvalue weighted by molar-refractivity contribution is 5.81. The summed E-state index contributed by atoms with van der Waals surface area (Å²) in [5.74, 6) is -0.350. The van der Waals surface area contributed by atoms with Crippen molar-refractivity contribution in [2.75, 3.05) is 13.2 Å². The molecule has 0 bridgehead atoms. The van der Waals surface area contributed by atoms with Crippen LogP contribution in [0.25, 0.3) is 0 Å². The molecule has 0 radical (unpaired) electrons. The Morgan fingerprint density at radius 1 is 0.818 bits per heavy atom. The van der Waals surface area contributed by atoms with E-state index in [0.29, 0.717) is 19.6 Å². The summed E-state index contributed by atoms with van der Waals surface area (Å²) in [6, 6.07) is -0.597. The SMILES string of the molecule is CCCCCCOC(=O)C(CCCC)NC(=O)OCCCC. The molecule has 0 saturated heterocycles. The van der Waals surface area contributed by atoms with E-state index in [1.807, 2.05) is 13.8 Å². The van der Waals surface area contributed by atoms with E-state index in [-0.39, 0.29) is 5.97 Å². The van der Waals surface area contributed by atoms with Crippen molar-refractivity contribution in [3.63, 3.8) is 0 Å². The highest BCUT2D eigenvalue weighted by Crippen LogP contribution is 2.05. The maximum atomic E-state index is 12.1. The quantitative estimate of drug-likeness (QED) is 0.409. The van der Waals surface area contributed by atoms with Gasteiger partial charge in [-0.2, -0.15) is 0 Å². The lowest BCUT2D eigenvalue weighted by Gasteiger charge is -2.17. The first-order valence-corrected chi connectivity index (χ1v) is 8.75. The second-order valence-electron chi connectivity index (χ2n) is 5.56. The maximum Gasteiger partial charge on any atom is 0.407 e. The van der Waals surface area contributed by atoms with Crippen molar-refractivity contribution in [2.45, 2.75) is 84.6 Å². The first kappa shape index (κ1) is 20.7. The first-order chi connectivity index (χ1) is 10.7. The largest absolute Gasteiger partial charge is 0.464 e. The molecule has 0 aliphatic carbocycles. The van der Waals surface area contributed by atoms with Crippen molar-refractivity contribution in [1.29, 1.82) is 0 Å². The molecule has 5 nitrogen and oxygen atoms in total. The molecule has 5 heteroatoms. The van der Waals surface area contributed by atoms with Crippen LogP contribution in [0.4, 0.5) is 4.79 Å². The van der Waals surface area contributed by atoms with Gasteiger partial charge in [0.1, 0.15) is 6.04 Å². The van der Waals surface area contributed by atoms with Crippen LogP contribution in [0.5, 0.6) is 0 Å². The minimum Gasteiger partial charge on any atom is -0.464 e. The van der Waals surface area contributed by atoms with Gasteiger partial charge in [0.2, 0.25) is 0 Å². The lowest BCUT2D eigenvalue weighted by Crippen LogP contribution is -2.42. The third-order valence-electron chi connectivity index (χ3n) is 3.40. The molecule has 0 saturated carbocycles. The average Bonchev–Trinajstić information content (AvgIpc) is 2.51. The fourth-order valence-electron chi connectivity index (χ4n) is 1.95. The van der Waals surface area contributed by atoms with Gasteiger partial charge in [-0.3, -0.25) is 0 Å². The molecule has 0 aromatic rings. The molecule has 130 valence electrons. The van der Waals surface area contributed by atoms with Gasteiger partial charge in [-0.1, -0.05) is 59.3 Å². The molecule has 1 N–H and O–H groups in total. The van der Waals surface area contributed by atoms with E-state index in [9.17, 15) is 9.59 Å². The Labute approximate surface area is 135 Å². The lowest BCUT2D eigenvalue weighted by molar-refractivity contribution is -0.146.